The zero-order chi connectivity index (χ0) is 9.91. The molecule has 0 atom stereocenters. The fraction of sp³-hybridized carbons (Fsp3) is 0.429. The van der Waals surface area contributed by atoms with Crippen LogP contribution in [0.15, 0.2) is 0 Å². The molecule has 0 aliphatic carbocycles. The van der Waals surface area contributed by atoms with Crippen LogP contribution in [-0.2, 0) is 4.57 Å². The molecular weight excluding hydrogens is 163 g/mol. The van der Waals surface area contributed by atoms with Crippen LogP contribution in [0.5, 0.6) is 0 Å². The smallest absolute Gasteiger partial charge is 0.324 e. The molecule has 4 heteroatoms. The molecule has 0 unspecified atom stereocenters. The predicted molar refractivity (Wildman–Crippen MR) is 47.0 cm³/mol. The number of terminal acetylenes is 2. The quantitative estimate of drug-likeness (QED) is 0.488. The Labute approximate surface area is 68.0 Å². The van der Waals surface area contributed by atoms with Gasteiger partial charge in [0.15, 0.2) is 0 Å². The summed E-state index contributed by atoms with van der Waals surface area (Å²) in [6, 6.07) is 0. The topological polar surface area (TPSA) is 57.5 Å². The monoisotopic (exact) mass is 176 g/mol. The van der Waals surface area contributed by atoms with Crippen molar-refractivity contribution in [3.05, 3.63) is 0 Å². The van der Waals surface area contributed by atoms with Crippen LogP contribution < -0.4 is 0 Å². The SMILES string of the molecule is C#C.C#C.CCCP(=O)(O)O. The Morgan fingerprint density at radius 3 is 1.45 bits per heavy atom. The summed E-state index contributed by atoms with van der Waals surface area (Å²) in [7, 11) is -3.67. The van der Waals surface area contributed by atoms with Crippen molar-refractivity contribution in [2.45, 2.75) is 13.3 Å². The summed E-state index contributed by atoms with van der Waals surface area (Å²) in [5.74, 6) is 0. The standard InChI is InChI=1S/C3H9O3P.2C2H2/c1-2-3-7(4,5)6;2*1-2/h2-3H2,1H3,(H2,4,5,6);2*1-2H. The summed E-state index contributed by atoms with van der Waals surface area (Å²) >= 11 is 0. The fourth-order valence-electron chi connectivity index (χ4n) is 0.291. The van der Waals surface area contributed by atoms with E-state index in [0.717, 1.165) is 0 Å². The van der Waals surface area contributed by atoms with Gasteiger partial charge in [-0.25, -0.2) is 0 Å². The Morgan fingerprint density at radius 1 is 1.18 bits per heavy atom. The summed E-state index contributed by atoms with van der Waals surface area (Å²) < 4.78 is 9.93. The van der Waals surface area contributed by atoms with Crippen LogP contribution in [0.1, 0.15) is 13.3 Å². The highest BCUT2D eigenvalue weighted by molar-refractivity contribution is 7.51. The molecule has 2 N–H and O–H groups in total. The van der Waals surface area contributed by atoms with Crippen LogP contribution in [0.25, 0.3) is 0 Å². The second kappa shape index (κ2) is 12.0. The van der Waals surface area contributed by atoms with Crippen molar-refractivity contribution in [3.8, 4) is 25.7 Å². The molecule has 0 amide bonds. The van der Waals surface area contributed by atoms with Crippen molar-refractivity contribution in [2.75, 3.05) is 6.16 Å². The average molecular weight is 176 g/mol. The Balaban J connectivity index is -0.000000138. The van der Waals surface area contributed by atoms with Gasteiger partial charge in [-0.3, -0.25) is 4.57 Å². The third kappa shape index (κ3) is 45.8. The molecule has 0 rings (SSSR count). The van der Waals surface area contributed by atoms with Gasteiger partial charge in [-0.1, -0.05) is 6.92 Å². The van der Waals surface area contributed by atoms with E-state index in [1.807, 2.05) is 0 Å². The van der Waals surface area contributed by atoms with E-state index < -0.39 is 7.60 Å². The molecule has 0 fully saturated rings. The van der Waals surface area contributed by atoms with E-state index in [1.54, 1.807) is 6.92 Å². The van der Waals surface area contributed by atoms with Crippen molar-refractivity contribution >= 4 is 7.60 Å². The average Bonchev–Trinajstić information content (AvgIpc) is 1.94. The van der Waals surface area contributed by atoms with Gasteiger partial charge in [-0.05, 0) is 6.42 Å². The lowest BCUT2D eigenvalue weighted by Crippen LogP contribution is -1.82. The maximum atomic E-state index is 9.93. The van der Waals surface area contributed by atoms with E-state index in [2.05, 4.69) is 25.7 Å². The maximum absolute atomic E-state index is 9.93. The van der Waals surface area contributed by atoms with E-state index >= 15 is 0 Å². The third-order valence-electron chi connectivity index (χ3n) is 0.515. The van der Waals surface area contributed by atoms with Gasteiger partial charge in [0.05, 0.1) is 0 Å². The van der Waals surface area contributed by atoms with Crippen molar-refractivity contribution in [2.24, 2.45) is 0 Å². The van der Waals surface area contributed by atoms with Gasteiger partial charge < -0.3 is 9.79 Å². The summed E-state index contributed by atoms with van der Waals surface area (Å²) in [4.78, 5) is 16.3. The second-order valence-electron chi connectivity index (χ2n) is 1.39. The summed E-state index contributed by atoms with van der Waals surface area (Å²) in [6.45, 7) is 1.74. The minimum absolute atomic E-state index is 0.00694. The van der Waals surface area contributed by atoms with Crippen molar-refractivity contribution < 1.29 is 14.4 Å². The Hall–Kier alpha value is -0.730. The second-order valence-corrected chi connectivity index (χ2v) is 3.16. The summed E-state index contributed by atoms with van der Waals surface area (Å²) in [5.41, 5.74) is 0. The van der Waals surface area contributed by atoms with E-state index in [9.17, 15) is 4.57 Å². The number of hydrogen-bond acceptors (Lipinski definition) is 1. The van der Waals surface area contributed by atoms with Gasteiger partial charge >= 0.3 is 7.60 Å². The first-order chi connectivity index (χ1) is 5.06. The predicted octanol–water partition coefficient (Wildman–Crippen LogP) is 1.07. The fourth-order valence-corrected chi connectivity index (χ4v) is 0.874. The number of hydrogen-bond donors (Lipinski definition) is 2. The van der Waals surface area contributed by atoms with Crippen LogP contribution in [0, 0.1) is 25.7 Å². The van der Waals surface area contributed by atoms with E-state index in [1.165, 1.54) is 0 Å². The molecule has 0 spiro atoms. The molecule has 3 nitrogen and oxygen atoms in total. The molecule has 0 radical (unpaired) electrons. The van der Waals surface area contributed by atoms with E-state index in [0.29, 0.717) is 6.42 Å². The van der Waals surface area contributed by atoms with Gasteiger partial charge in [0.25, 0.3) is 0 Å². The van der Waals surface area contributed by atoms with Gasteiger partial charge in [0.2, 0.25) is 0 Å². The largest absolute Gasteiger partial charge is 0.325 e. The van der Waals surface area contributed by atoms with Crippen LogP contribution in [-0.4, -0.2) is 15.9 Å². The van der Waals surface area contributed by atoms with E-state index in [4.69, 9.17) is 9.79 Å². The van der Waals surface area contributed by atoms with Crippen LogP contribution >= 0.6 is 7.60 Å². The van der Waals surface area contributed by atoms with Crippen LogP contribution in [0.3, 0.4) is 0 Å². The molecule has 11 heavy (non-hydrogen) atoms. The summed E-state index contributed by atoms with van der Waals surface area (Å²) in [6.07, 6.45) is 16.6. The molecular formula is C7H13O3P. The Morgan fingerprint density at radius 2 is 1.45 bits per heavy atom. The molecule has 0 aromatic carbocycles. The molecule has 64 valence electrons. The molecule has 0 heterocycles. The first-order valence-corrected chi connectivity index (χ1v) is 4.57. The molecule has 0 aliphatic rings. The molecule has 0 saturated carbocycles. The highest BCUT2D eigenvalue weighted by atomic mass is 31.2. The van der Waals surface area contributed by atoms with Crippen LogP contribution in [0.4, 0.5) is 0 Å². The lowest BCUT2D eigenvalue weighted by molar-refractivity contribution is 0.372. The van der Waals surface area contributed by atoms with Crippen molar-refractivity contribution in [1.82, 2.24) is 0 Å². The lowest BCUT2D eigenvalue weighted by Gasteiger charge is -1.96. The first kappa shape index (κ1) is 16.7. The molecule has 0 aliphatic heterocycles. The van der Waals surface area contributed by atoms with Crippen molar-refractivity contribution in [3.63, 3.8) is 0 Å². The summed E-state index contributed by atoms with van der Waals surface area (Å²) in [5, 5.41) is 0. The highest BCUT2D eigenvalue weighted by Crippen LogP contribution is 2.34. The Kier molecular flexibility index (Phi) is 18.2. The third-order valence-corrected chi connectivity index (χ3v) is 1.54. The minimum atomic E-state index is -3.67. The van der Waals surface area contributed by atoms with E-state index in [-0.39, 0.29) is 6.16 Å². The van der Waals surface area contributed by atoms with Crippen LogP contribution in [0.2, 0.25) is 0 Å². The van der Waals surface area contributed by atoms with Gasteiger partial charge in [0.1, 0.15) is 0 Å². The Bertz CT molecular complexity index is 136. The van der Waals surface area contributed by atoms with Gasteiger partial charge in [-0.15, -0.1) is 25.7 Å². The van der Waals surface area contributed by atoms with Crippen molar-refractivity contribution in [1.29, 1.82) is 0 Å². The first-order valence-electron chi connectivity index (χ1n) is 2.77. The molecule has 0 bridgehead atoms. The zero-order valence-corrected chi connectivity index (χ0v) is 7.37. The zero-order valence-electron chi connectivity index (χ0n) is 6.47. The molecule has 0 saturated heterocycles. The normalized spacial score (nSPS) is 7.91. The highest BCUT2D eigenvalue weighted by Gasteiger charge is 2.08. The minimum Gasteiger partial charge on any atom is -0.324 e. The lowest BCUT2D eigenvalue weighted by atomic mass is 10.6. The maximum Gasteiger partial charge on any atom is 0.325 e. The molecule has 0 aromatic rings. The molecule has 0 aromatic heterocycles. The van der Waals surface area contributed by atoms with Gasteiger partial charge in [0, 0.05) is 6.16 Å². The van der Waals surface area contributed by atoms with Gasteiger partial charge in [-0.2, -0.15) is 0 Å². The number of rotatable bonds is 2.